The molecule has 0 saturated heterocycles. The Bertz CT molecular complexity index is 589. The van der Waals surface area contributed by atoms with Crippen molar-refractivity contribution < 1.29 is 19.1 Å². The fourth-order valence-corrected chi connectivity index (χ4v) is 1.71. The molecule has 0 aliphatic heterocycles. The maximum absolute atomic E-state index is 11.8. The molecular formula is C13H15N3O4. The minimum atomic E-state index is -1.07. The lowest BCUT2D eigenvalue weighted by molar-refractivity contribution is -0.139. The monoisotopic (exact) mass is 277 g/mol. The number of carboxylic acids is 1. The second-order valence-corrected chi connectivity index (χ2v) is 4.24. The first kappa shape index (κ1) is 13.9. The summed E-state index contributed by atoms with van der Waals surface area (Å²) in [5.41, 5.74) is 0. The van der Waals surface area contributed by atoms with Crippen LogP contribution < -0.4 is 5.32 Å². The third-order valence-corrected chi connectivity index (χ3v) is 2.77. The maximum atomic E-state index is 11.8. The fourth-order valence-electron chi connectivity index (χ4n) is 1.71. The van der Waals surface area contributed by atoms with Gasteiger partial charge in [-0.25, -0.2) is 4.79 Å². The molecule has 0 aromatic carbocycles. The van der Waals surface area contributed by atoms with Crippen LogP contribution in [-0.4, -0.2) is 32.8 Å². The molecule has 0 aliphatic carbocycles. The third kappa shape index (κ3) is 3.25. The molecule has 1 unspecified atom stereocenters. The largest absolute Gasteiger partial charge is 0.480 e. The number of furan rings is 1. The quantitative estimate of drug-likeness (QED) is 0.824. The number of aliphatic carboxylic acids is 1. The molecule has 2 aromatic heterocycles. The molecule has 2 aromatic rings. The van der Waals surface area contributed by atoms with Crippen molar-refractivity contribution in [3.8, 4) is 0 Å². The molecule has 2 rings (SSSR count). The fraction of sp³-hybridized carbons (Fsp3) is 0.308. The first-order valence-corrected chi connectivity index (χ1v) is 6.20. The van der Waals surface area contributed by atoms with Gasteiger partial charge in [-0.3, -0.25) is 9.48 Å². The van der Waals surface area contributed by atoms with Gasteiger partial charge in [-0.2, -0.15) is 5.10 Å². The lowest BCUT2D eigenvalue weighted by atomic mass is 10.2. The molecule has 7 heteroatoms. The van der Waals surface area contributed by atoms with E-state index in [9.17, 15) is 9.59 Å². The number of nitrogens with zero attached hydrogens (tertiary/aromatic N) is 2. The first-order valence-electron chi connectivity index (χ1n) is 6.20. The smallest absolute Gasteiger partial charge is 0.326 e. The van der Waals surface area contributed by atoms with Crippen LogP contribution in [0.5, 0.6) is 0 Å². The van der Waals surface area contributed by atoms with E-state index in [1.165, 1.54) is 6.07 Å². The highest BCUT2D eigenvalue weighted by atomic mass is 16.4. The van der Waals surface area contributed by atoms with Crippen LogP contribution in [0.25, 0.3) is 0 Å². The molecule has 0 bridgehead atoms. The highest BCUT2D eigenvalue weighted by molar-refractivity contribution is 5.94. The summed E-state index contributed by atoms with van der Waals surface area (Å²) in [6.45, 7) is 2.10. The van der Waals surface area contributed by atoms with Crippen LogP contribution in [0, 0.1) is 0 Å². The maximum Gasteiger partial charge on any atom is 0.326 e. The number of carbonyl (C=O) groups excluding carboxylic acids is 1. The van der Waals surface area contributed by atoms with Gasteiger partial charge >= 0.3 is 5.97 Å². The standard InChI is InChI=1S/C13H15N3O4/c1-2-10(13(18)19)15-12(17)11-5-4-9(20-11)8-16-7-3-6-14-16/h3-7,10H,2,8H2,1H3,(H,15,17)(H,18,19). The zero-order valence-electron chi connectivity index (χ0n) is 10.9. The summed E-state index contributed by atoms with van der Waals surface area (Å²) in [5.74, 6) is -0.941. The highest BCUT2D eigenvalue weighted by Gasteiger charge is 2.20. The molecule has 2 N–H and O–H groups in total. The second kappa shape index (κ2) is 6.05. The predicted octanol–water partition coefficient (Wildman–Crippen LogP) is 1.12. The van der Waals surface area contributed by atoms with Crippen molar-refractivity contribution in [2.45, 2.75) is 25.9 Å². The van der Waals surface area contributed by atoms with Gasteiger partial charge in [0.05, 0.1) is 6.54 Å². The Hall–Kier alpha value is -2.57. The zero-order chi connectivity index (χ0) is 14.5. The highest BCUT2D eigenvalue weighted by Crippen LogP contribution is 2.10. The Balaban J connectivity index is 2.01. The zero-order valence-corrected chi connectivity index (χ0v) is 10.9. The van der Waals surface area contributed by atoms with Gasteiger partial charge in [0.2, 0.25) is 0 Å². The van der Waals surface area contributed by atoms with Crippen LogP contribution >= 0.6 is 0 Å². The summed E-state index contributed by atoms with van der Waals surface area (Å²) in [5, 5.41) is 15.3. The van der Waals surface area contributed by atoms with Gasteiger partial charge in [-0.15, -0.1) is 0 Å². The predicted molar refractivity (Wildman–Crippen MR) is 69.2 cm³/mol. The van der Waals surface area contributed by atoms with Gasteiger partial charge in [-0.05, 0) is 24.6 Å². The lowest BCUT2D eigenvalue weighted by Gasteiger charge is -2.10. The van der Waals surface area contributed by atoms with E-state index in [1.807, 2.05) is 0 Å². The molecule has 0 saturated carbocycles. The van der Waals surface area contributed by atoms with Gasteiger partial charge < -0.3 is 14.8 Å². The minimum Gasteiger partial charge on any atom is -0.480 e. The van der Waals surface area contributed by atoms with Crippen LogP contribution in [0.15, 0.2) is 35.0 Å². The summed E-state index contributed by atoms with van der Waals surface area (Å²) in [6, 6.07) is 4.05. The number of amides is 1. The van der Waals surface area contributed by atoms with E-state index in [0.29, 0.717) is 18.7 Å². The molecule has 1 amide bonds. The Morgan fingerprint density at radius 1 is 1.50 bits per heavy atom. The number of hydrogen-bond donors (Lipinski definition) is 2. The molecular weight excluding hydrogens is 262 g/mol. The number of hydrogen-bond acceptors (Lipinski definition) is 4. The van der Waals surface area contributed by atoms with E-state index in [-0.39, 0.29) is 5.76 Å². The summed E-state index contributed by atoms with van der Waals surface area (Å²) in [7, 11) is 0. The lowest BCUT2D eigenvalue weighted by Crippen LogP contribution is -2.40. The first-order chi connectivity index (χ1) is 9.60. The SMILES string of the molecule is CCC(NC(=O)c1ccc(Cn2cccn2)o1)C(=O)O. The van der Waals surface area contributed by atoms with Crippen molar-refractivity contribution in [2.24, 2.45) is 0 Å². The van der Waals surface area contributed by atoms with Crippen LogP contribution in [-0.2, 0) is 11.3 Å². The molecule has 20 heavy (non-hydrogen) atoms. The van der Waals surface area contributed by atoms with Crippen molar-refractivity contribution in [1.82, 2.24) is 15.1 Å². The van der Waals surface area contributed by atoms with Crippen molar-refractivity contribution >= 4 is 11.9 Å². The average Bonchev–Trinajstić information content (AvgIpc) is 3.07. The number of carbonyl (C=O) groups is 2. The Labute approximate surface area is 115 Å². The molecule has 2 heterocycles. The van der Waals surface area contributed by atoms with Crippen LogP contribution in [0.4, 0.5) is 0 Å². The van der Waals surface area contributed by atoms with Gasteiger partial charge in [0.15, 0.2) is 5.76 Å². The van der Waals surface area contributed by atoms with Crippen LogP contribution in [0.2, 0.25) is 0 Å². The van der Waals surface area contributed by atoms with Gasteiger partial charge in [0.1, 0.15) is 11.8 Å². The minimum absolute atomic E-state index is 0.0897. The van der Waals surface area contributed by atoms with Crippen molar-refractivity contribution in [3.05, 3.63) is 42.1 Å². The van der Waals surface area contributed by atoms with E-state index < -0.39 is 17.9 Å². The summed E-state index contributed by atoms with van der Waals surface area (Å²) in [4.78, 5) is 22.7. The number of carboxylic acid groups (broad SMARTS) is 1. The van der Waals surface area contributed by atoms with E-state index >= 15 is 0 Å². The number of nitrogens with one attached hydrogen (secondary N) is 1. The molecule has 106 valence electrons. The summed E-state index contributed by atoms with van der Waals surface area (Å²) < 4.78 is 7.04. The molecule has 0 radical (unpaired) electrons. The van der Waals surface area contributed by atoms with Gasteiger partial charge in [0, 0.05) is 12.4 Å². The van der Waals surface area contributed by atoms with Crippen molar-refractivity contribution in [2.75, 3.05) is 0 Å². The van der Waals surface area contributed by atoms with Gasteiger partial charge in [0.25, 0.3) is 5.91 Å². The molecule has 0 fully saturated rings. The van der Waals surface area contributed by atoms with E-state index in [2.05, 4.69) is 10.4 Å². The number of rotatable bonds is 6. The topological polar surface area (TPSA) is 97.4 Å². The molecule has 0 spiro atoms. The Kier molecular flexibility index (Phi) is 4.19. The second-order valence-electron chi connectivity index (χ2n) is 4.24. The summed E-state index contributed by atoms with van der Waals surface area (Å²) in [6.07, 6.45) is 3.73. The Morgan fingerprint density at radius 3 is 2.90 bits per heavy atom. The van der Waals surface area contributed by atoms with E-state index in [1.54, 1.807) is 36.1 Å². The molecule has 1 atom stereocenters. The summed E-state index contributed by atoms with van der Waals surface area (Å²) >= 11 is 0. The van der Waals surface area contributed by atoms with E-state index in [4.69, 9.17) is 9.52 Å². The average molecular weight is 277 g/mol. The molecule has 0 aliphatic rings. The number of aromatic nitrogens is 2. The van der Waals surface area contributed by atoms with Gasteiger partial charge in [-0.1, -0.05) is 6.92 Å². The molecule has 7 nitrogen and oxygen atoms in total. The van der Waals surface area contributed by atoms with Crippen molar-refractivity contribution in [1.29, 1.82) is 0 Å². The third-order valence-electron chi connectivity index (χ3n) is 2.77. The van der Waals surface area contributed by atoms with Crippen molar-refractivity contribution in [3.63, 3.8) is 0 Å². The van der Waals surface area contributed by atoms with Crippen LogP contribution in [0.1, 0.15) is 29.7 Å². The Morgan fingerprint density at radius 2 is 2.30 bits per heavy atom. The normalized spacial score (nSPS) is 12.1. The van der Waals surface area contributed by atoms with Crippen LogP contribution in [0.3, 0.4) is 0 Å². The van der Waals surface area contributed by atoms with E-state index in [0.717, 1.165) is 0 Å².